The number of aromatic nitrogens is 4. The van der Waals surface area contributed by atoms with Crippen LogP contribution in [0.15, 0.2) is 4.99 Å². The molecule has 0 fully saturated rings. The van der Waals surface area contributed by atoms with Gasteiger partial charge in [-0.2, -0.15) is 0 Å². The van der Waals surface area contributed by atoms with Gasteiger partial charge in [0.25, 0.3) is 0 Å². The minimum atomic E-state index is 0. The maximum absolute atomic E-state index is 4.70. The maximum atomic E-state index is 4.70. The number of nitrogens with one attached hydrogen (secondary N) is 2. The van der Waals surface area contributed by atoms with E-state index in [1.807, 2.05) is 13.8 Å². The Labute approximate surface area is 182 Å². The molecule has 0 saturated heterocycles. The third-order valence-electron chi connectivity index (χ3n) is 4.55. The molecule has 0 unspecified atom stereocenters. The van der Waals surface area contributed by atoms with Gasteiger partial charge in [0.15, 0.2) is 5.96 Å². The van der Waals surface area contributed by atoms with Gasteiger partial charge in [-0.3, -0.25) is 0 Å². The van der Waals surface area contributed by atoms with E-state index in [1.165, 1.54) is 24.1 Å². The number of aryl methyl sites for hydroxylation is 3. The molecule has 0 amide bonds. The molecular weight excluding hydrogens is 473 g/mol. The summed E-state index contributed by atoms with van der Waals surface area (Å²) in [6.45, 7) is 9.51. The summed E-state index contributed by atoms with van der Waals surface area (Å²) in [6.07, 6.45) is 5.65. The summed E-state index contributed by atoms with van der Waals surface area (Å²) in [4.78, 5) is 10.4. The number of rotatable bonds is 6. The van der Waals surface area contributed by atoms with Crippen molar-refractivity contribution in [3.63, 3.8) is 0 Å². The monoisotopic (exact) mass is 503 g/mol. The highest BCUT2D eigenvalue weighted by Gasteiger charge is 2.14. The fourth-order valence-corrected chi connectivity index (χ4v) is 4.10. The van der Waals surface area contributed by atoms with Gasteiger partial charge in [-0.1, -0.05) is 6.42 Å². The number of hydrogen-bond donors (Lipinski definition) is 2. The van der Waals surface area contributed by atoms with Crippen molar-refractivity contribution in [1.82, 2.24) is 30.4 Å². The van der Waals surface area contributed by atoms with E-state index < -0.39 is 0 Å². The first-order chi connectivity index (χ1) is 12.7. The zero-order valence-corrected chi connectivity index (χ0v) is 19.6. The van der Waals surface area contributed by atoms with Crippen LogP contribution in [0.4, 0.5) is 0 Å². The standard InChI is InChI=1S/C18H29N7S.HI/c1-4-19-18(21-12-15-13(2)22-14(3)26-15)20-10-9-17-24-23-16-8-6-5-7-11-25(16)17;/h4-12H2,1-3H3,(H2,19,20,21);1H. The van der Waals surface area contributed by atoms with Crippen molar-refractivity contribution < 1.29 is 0 Å². The average Bonchev–Trinajstić information content (AvgIpc) is 3.05. The molecule has 0 radical (unpaired) electrons. The van der Waals surface area contributed by atoms with Gasteiger partial charge >= 0.3 is 0 Å². The second-order valence-electron chi connectivity index (χ2n) is 6.61. The SMILES string of the molecule is CCNC(=NCc1sc(C)nc1C)NCCc1nnc2n1CCCCC2.I. The Kier molecular flexibility index (Phi) is 8.94. The summed E-state index contributed by atoms with van der Waals surface area (Å²) in [6, 6.07) is 0. The zero-order chi connectivity index (χ0) is 18.4. The Morgan fingerprint density at radius 1 is 1.19 bits per heavy atom. The van der Waals surface area contributed by atoms with Gasteiger partial charge in [-0.05, 0) is 33.6 Å². The topological polar surface area (TPSA) is 80.0 Å². The van der Waals surface area contributed by atoms with Crippen LogP contribution < -0.4 is 10.6 Å². The van der Waals surface area contributed by atoms with Crippen LogP contribution in [0.25, 0.3) is 0 Å². The average molecular weight is 503 g/mol. The molecule has 0 spiro atoms. The summed E-state index contributed by atoms with van der Waals surface area (Å²) in [5, 5.41) is 16.6. The number of nitrogens with zero attached hydrogens (tertiary/aromatic N) is 5. The number of guanidine groups is 1. The zero-order valence-electron chi connectivity index (χ0n) is 16.4. The summed E-state index contributed by atoms with van der Waals surface area (Å²) >= 11 is 1.72. The van der Waals surface area contributed by atoms with Crippen LogP contribution in [0.3, 0.4) is 0 Å². The van der Waals surface area contributed by atoms with E-state index in [9.17, 15) is 0 Å². The van der Waals surface area contributed by atoms with E-state index >= 15 is 0 Å². The first-order valence-corrected chi connectivity index (χ1v) is 10.3. The van der Waals surface area contributed by atoms with Gasteiger partial charge in [0.2, 0.25) is 0 Å². The minimum absolute atomic E-state index is 0. The lowest BCUT2D eigenvalue weighted by Crippen LogP contribution is -2.38. The highest BCUT2D eigenvalue weighted by atomic mass is 127. The largest absolute Gasteiger partial charge is 0.357 e. The normalized spacial score (nSPS) is 14.3. The molecular formula is C18H30IN7S. The van der Waals surface area contributed by atoms with Crippen molar-refractivity contribution in [2.24, 2.45) is 4.99 Å². The summed E-state index contributed by atoms with van der Waals surface area (Å²) < 4.78 is 2.31. The second kappa shape index (κ2) is 10.9. The van der Waals surface area contributed by atoms with E-state index in [2.05, 4.69) is 37.3 Å². The predicted octanol–water partition coefficient (Wildman–Crippen LogP) is 2.99. The van der Waals surface area contributed by atoms with Crippen molar-refractivity contribution in [2.75, 3.05) is 13.1 Å². The van der Waals surface area contributed by atoms with E-state index in [4.69, 9.17) is 4.99 Å². The van der Waals surface area contributed by atoms with Crippen LogP contribution in [-0.2, 0) is 25.9 Å². The Balaban J connectivity index is 0.00000261. The molecule has 0 aliphatic carbocycles. The predicted molar refractivity (Wildman–Crippen MR) is 121 cm³/mol. The highest BCUT2D eigenvalue weighted by molar-refractivity contribution is 14.0. The summed E-state index contributed by atoms with van der Waals surface area (Å²) in [7, 11) is 0. The Hall–Kier alpha value is -1.23. The van der Waals surface area contributed by atoms with Crippen LogP contribution in [-0.4, -0.2) is 38.8 Å². The van der Waals surface area contributed by atoms with Crippen LogP contribution in [0.5, 0.6) is 0 Å². The fraction of sp³-hybridized carbons (Fsp3) is 0.667. The van der Waals surface area contributed by atoms with Crippen molar-refractivity contribution in [1.29, 1.82) is 0 Å². The molecule has 7 nitrogen and oxygen atoms in total. The molecule has 1 aliphatic rings. The van der Waals surface area contributed by atoms with Gasteiger partial charge in [0, 0.05) is 37.4 Å². The third kappa shape index (κ3) is 6.13. The third-order valence-corrected chi connectivity index (χ3v) is 5.61. The molecule has 150 valence electrons. The molecule has 2 N–H and O–H groups in total. The van der Waals surface area contributed by atoms with Gasteiger partial charge < -0.3 is 15.2 Å². The smallest absolute Gasteiger partial charge is 0.191 e. The van der Waals surface area contributed by atoms with E-state index in [-0.39, 0.29) is 24.0 Å². The van der Waals surface area contributed by atoms with Crippen LogP contribution >= 0.6 is 35.3 Å². The molecule has 0 saturated carbocycles. The van der Waals surface area contributed by atoms with Crippen molar-refractivity contribution in [3.05, 3.63) is 27.2 Å². The number of fused-ring (bicyclic) bond motifs is 1. The van der Waals surface area contributed by atoms with Gasteiger partial charge in [-0.15, -0.1) is 45.5 Å². The Bertz CT molecular complexity index is 753. The minimum Gasteiger partial charge on any atom is -0.357 e. The lowest BCUT2D eigenvalue weighted by atomic mass is 10.2. The van der Waals surface area contributed by atoms with E-state index in [1.54, 1.807) is 11.3 Å². The van der Waals surface area contributed by atoms with E-state index in [0.29, 0.717) is 6.54 Å². The maximum Gasteiger partial charge on any atom is 0.191 e. The number of thiazole rings is 1. The lowest BCUT2D eigenvalue weighted by Gasteiger charge is -2.12. The molecule has 1 aliphatic heterocycles. The number of hydrogen-bond acceptors (Lipinski definition) is 5. The van der Waals surface area contributed by atoms with Gasteiger partial charge in [-0.25, -0.2) is 9.98 Å². The number of aliphatic imine (C=N–C) groups is 1. The molecule has 2 aromatic heterocycles. The van der Waals surface area contributed by atoms with Crippen LogP contribution in [0.2, 0.25) is 0 Å². The molecule has 3 rings (SSSR count). The molecule has 0 aromatic carbocycles. The number of halogens is 1. The molecule has 3 heterocycles. The summed E-state index contributed by atoms with van der Waals surface area (Å²) in [5.74, 6) is 3.07. The van der Waals surface area contributed by atoms with Crippen molar-refractivity contribution in [3.8, 4) is 0 Å². The molecule has 9 heteroatoms. The Morgan fingerprint density at radius 2 is 2.04 bits per heavy atom. The van der Waals surface area contributed by atoms with Crippen molar-refractivity contribution in [2.45, 2.75) is 66.0 Å². The highest BCUT2D eigenvalue weighted by Crippen LogP contribution is 2.18. The van der Waals surface area contributed by atoms with Crippen LogP contribution in [0, 0.1) is 13.8 Å². The van der Waals surface area contributed by atoms with Gasteiger partial charge in [0.05, 0.1) is 17.2 Å². The van der Waals surface area contributed by atoms with Crippen molar-refractivity contribution >= 4 is 41.3 Å². The summed E-state index contributed by atoms with van der Waals surface area (Å²) in [5.41, 5.74) is 1.08. The molecule has 0 atom stereocenters. The quantitative estimate of drug-likeness (QED) is 0.360. The molecule has 0 bridgehead atoms. The molecule has 2 aromatic rings. The fourth-order valence-electron chi connectivity index (χ4n) is 3.24. The first-order valence-electron chi connectivity index (χ1n) is 9.53. The van der Waals surface area contributed by atoms with E-state index in [0.717, 1.165) is 60.8 Å². The molecule has 27 heavy (non-hydrogen) atoms. The second-order valence-corrected chi connectivity index (χ2v) is 7.90. The lowest BCUT2D eigenvalue weighted by molar-refractivity contribution is 0.600. The first kappa shape index (κ1) is 22.1. The Morgan fingerprint density at radius 3 is 2.78 bits per heavy atom. The van der Waals surface area contributed by atoms with Crippen LogP contribution in [0.1, 0.15) is 53.4 Å². The van der Waals surface area contributed by atoms with Gasteiger partial charge in [0.1, 0.15) is 11.6 Å².